The molecule has 0 radical (unpaired) electrons. The second-order valence-electron chi connectivity index (χ2n) is 7.18. The summed E-state index contributed by atoms with van der Waals surface area (Å²) < 4.78 is 10.9. The van der Waals surface area contributed by atoms with Gasteiger partial charge in [-0.15, -0.1) is 0 Å². The lowest BCUT2D eigenvalue weighted by Crippen LogP contribution is -2.45. The van der Waals surface area contributed by atoms with Gasteiger partial charge in [0.05, 0.1) is 7.11 Å². The molecule has 32 heavy (non-hydrogen) atoms. The molecular weight excluding hydrogens is 404 g/mol. The van der Waals surface area contributed by atoms with Crippen molar-refractivity contribution in [2.75, 3.05) is 20.3 Å². The summed E-state index contributed by atoms with van der Waals surface area (Å²) in [5.74, 6) is 0.798. The molecule has 2 amide bonds. The van der Waals surface area contributed by atoms with E-state index < -0.39 is 6.04 Å². The molecule has 0 fully saturated rings. The van der Waals surface area contributed by atoms with Crippen molar-refractivity contribution in [1.82, 2.24) is 10.2 Å². The van der Waals surface area contributed by atoms with Crippen LogP contribution in [0.25, 0.3) is 0 Å². The van der Waals surface area contributed by atoms with Gasteiger partial charge in [-0.3, -0.25) is 9.59 Å². The number of hydrogen-bond acceptors (Lipinski definition) is 4. The molecular formula is C26H28N2O4. The fourth-order valence-electron chi connectivity index (χ4n) is 3.37. The van der Waals surface area contributed by atoms with E-state index >= 15 is 0 Å². The summed E-state index contributed by atoms with van der Waals surface area (Å²) in [5, 5.41) is 2.86. The third-order valence-corrected chi connectivity index (χ3v) is 4.96. The van der Waals surface area contributed by atoms with Crippen LogP contribution in [0.15, 0.2) is 84.9 Å². The molecule has 6 heteroatoms. The Hall–Kier alpha value is -3.80. The van der Waals surface area contributed by atoms with E-state index in [9.17, 15) is 9.59 Å². The molecule has 0 saturated carbocycles. The van der Waals surface area contributed by atoms with Crippen molar-refractivity contribution in [3.8, 4) is 11.5 Å². The van der Waals surface area contributed by atoms with Crippen molar-refractivity contribution >= 4 is 11.8 Å². The number of para-hydroxylation sites is 1. The average Bonchev–Trinajstić information content (AvgIpc) is 2.84. The van der Waals surface area contributed by atoms with Crippen molar-refractivity contribution in [3.05, 3.63) is 96.1 Å². The van der Waals surface area contributed by atoms with Gasteiger partial charge in [-0.25, -0.2) is 0 Å². The Morgan fingerprint density at radius 2 is 1.50 bits per heavy atom. The van der Waals surface area contributed by atoms with Crippen LogP contribution in [0.1, 0.15) is 24.1 Å². The summed E-state index contributed by atoms with van der Waals surface area (Å²) in [6.07, 6.45) is 0. The summed E-state index contributed by atoms with van der Waals surface area (Å²) >= 11 is 0. The van der Waals surface area contributed by atoms with Gasteiger partial charge < -0.3 is 19.7 Å². The predicted octanol–water partition coefficient (Wildman–Crippen LogP) is 3.98. The van der Waals surface area contributed by atoms with Crippen LogP contribution in [-0.4, -0.2) is 37.0 Å². The quantitative estimate of drug-likeness (QED) is 0.526. The van der Waals surface area contributed by atoms with Gasteiger partial charge in [0.25, 0.3) is 5.91 Å². The van der Waals surface area contributed by atoms with Crippen molar-refractivity contribution in [1.29, 1.82) is 0 Å². The topological polar surface area (TPSA) is 67.9 Å². The Kier molecular flexibility index (Phi) is 8.26. The van der Waals surface area contributed by atoms with E-state index in [-0.39, 0.29) is 25.0 Å². The van der Waals surface area contributed by atoms with E-state index in [1.807, 2.05) is 79.7 Å². The Morgan fingerprint density at radius 1 is 0.875 bits per heavy atom. The zero-order valence-corrected chi connectivity index (χ0v) is 18.4. The number of benzene rings is 3. The Morgan fingerprint density at radius 3 is 2.09 bits per heavy atom. The minimum absolute atomic E-state index is 0.178. The van der Waals surface area contributed by atoms with E-state index in [1.165, 1.54) is 0 Å². The summed E-state index contributed by atoms with van der Waals surface area (Å²) in [5.41, 5.74) is 1.61. The van der Waals surface area contributed by atoms with E-state index in [0.29, 0.717) is 12.3 Å². The number of carbonyl (C=O) groups excluding carboxylic acids is 2. The van der Waals surface area contributed by atoms with Gasteiger partial charge in [-0.1, -0.05) is 60.7 Å². The number of nitrogens with zero attached hydrogens (tertiary/aromatic N) is 1. The first-order valence-electron chi connectivity index (χ1n) is 10.5. The smallest absolute Gasteiger partial charge is 0.261 e. The summed E-state index contributed by atoms with van der Waals surface area (Å²) in [6, 6.07) is 25.1. The maximum absolute atomic E-state index is 13.4. The average molecular weight is 433 g/mol. The molecule has 0 unspecified atom stereocenters. The number of hydrogen-bond donors (Lipinski definition) is 1. The number of nitrogens with one attached hydrogen (secondary N) is 1. The van der Waals surface area contributed by atoms with Gasteiger partial charge >= 0.3 is 0 Å². The number of methoxy groups -OCH3 is 1. The molecule has 6 nitrogen and oxygen atoms in total. The highest BCUT2D eigenvalue weighted by Crippen LogP contribution is 2.25. The first-order valence-corrected chi connectivity index (χ1v) is 10.5. The van der Waals surface area contributed by atoms with Crippen LogP contribution in [0, 0.1) is 0 Å². The lowest BCUT2D eigenvalue weighted by Gasteiger charge is -2.31. The molecule has 0 aromatic heterocycles. The predicted molar refractivity (Wildman–Crippen MR) is 123 cm³/mol. The first-order chi connectivity index (χ1) is 15.6. The van der Waals surface area contributed by atoms with E-state index in [4.69, 9.17) is 9.47 Å². The summed E-state index contributed by atoms with van der Waals surface area (Å²) in [6.45, 7) is 2.39. The van der Waals surface area contributed by atoms with Gasteiger partial charge in [-0.2, -0.15) is 0 Å². The molecule has 3 rings (SSSR count). The van der Waals surface area contributed by atoms with E-state index in [2.05, 4.69) is 5.32 Å². The van der Waals surface area contributed by atoms with Crippen LogP contribution in [0.5, 0.6) is 11.5 Å². The van der Waals surface area contributed by atoms with Crippen LogP contribution in [0.4, 0.5) is 0 Å². The maximum atomic E-state index is 13.4. The summed E-state index contributed by atoms with van der Waals surface area (Å²) in [4.78, 5) is 28.0. The normalized spacial score (nSPS) is 11.3. The highest BCUT2D eigenvalue weighted by atomic mass is 16.5. The molecule has 0 bridgehead atoms. The highest BCUT2D eigenvalue weighted by molar-refractivity contribution is 5.89. The standard InChI is InChI=1S/C26H28N2O4/c1-3-27-26(30)25(21-10-6-4-7-11-21)28(18-20-14-16-22(31-2)17-15-20)24(29)19-32-23-12-8-5-9-13-23/h4-17,25H,3,18-19H2,1-2H3,(H,27,30)/t25-/m1/s1. The Balaban J connectivity index is 1.91. The SMILES string of the molecule is CCNC(=O)[C@@H](c1ccccc1)N(Cc1ccc(OC)cc1)C(=O)COc1ccccc1. The van der Waals surface area contributed by atoms with Gasteiger partial charge in [-0.05, 0) is 42.3 Å². The molecule has 166 valence electrons. The minimum atomic E-state index is -0.787. The van der Waals surface area contributed by atoms with Gasteiger partial charge in [0.15, 0.2) is 6.61 Å². The van der Waals surface area contributed by atoms with Crippen LogP contribution in [-0.2, 0) is 16.1 Å². The number of rotatable bonds is 10. The monoisotopic (exact) mass is 432 g/mol. The fraction of sp³-hybridized carbons (Fsp3) is 0.231. The van der Waals surface area contributed by atoms with Crippen molar-refractivity contribution in [3.63, 3.8) is 0 Å². The Bertz CT molecular complexity index is 991. The highest BCUT2D eigenvalue weighted by Gasteiger charge is 2.31. The summed E-state index contributed by atoms with van der Waals surface area (Å²) in [7, 11) is 1.60. The van der Waals surface area contributed by atoms with E-state index in [1.54, 1.807) is 24.1 Å². The molecule has 0 heterocycles. The van der Waals surface area contributed by atoms with Crippen molar-refractivity contribution in [2.24, 2.45) is 0 Å². The maximum Gasteiger partial charge on any atom is 0.261 e. The molecule has 0 aliphatic heterocycles. The molecule has 0 spiro atoms. The van der Waals surface area contributed by atoms with Crippen LogP contribution in [0.3, 0.4) is 0 Å². The van der Waals surface area contributed by atoms with Crippen molar-refractivity contribution in [2.45, 2.75) is 19.5 Å². The lowest BCUT2D eigenvalue weighted by molar-refractivity contribution is -0.143. The zero-order chi connectivity index (χ0) is 22.8. The first kappa shape index (κ1) is 22.9. The molecule has 1 atom stereocenters. The van der Waals surface area contributed by atoms with Crippen LogP contribution in [0.2, 0.25) is 0 Å². The molecule has 0 aliphatic rings. The Labute approximate surface area is 188 Å². The zero-order valence-electron chi connectivity index (χ0n) is 18.4. The molecule has 1 N–H and O–H groups in total. The van der Waals surface area contributed by atoms with Gasteiger partial charge in [0.1, 0.15) is 17.5 Å². The second-order valence-corrected chi connectivity index (χ2v) is 7.18. The molecule has 0 saturated heterocycles. The van der Waals surface area contributed by atoms with Crippen molar-refractivity contribution < 1.29 is 19.1 Å². The molecule has 0 aliphatic carbocycles. The third-order valence-electron chi connectivity index (χ3n) is 4.96. The number of ether oxygens (including phenoxy) is 2. The van der Waals surface area contributed by atoms with E-state index in [0.717, 1.165) is 16.9 Å². The van der Waals surface area contributed by atoms with Crippen LogP contribution >= 0.6 is 0 Å². The second kappa shape index (κ2) is 11.6. The molecule has 3 aromatic rings. The number of amides is 2. The lowest BCUT2D eigenvalue weighted by atomic mass is 10.0. The molecule has 3 aromatic carbocycles. The number of carbonyl (C=O) groups is 2. The van der Waals surface area contributed by atoms with Crippen LogP contribution < -0.4 is 14.8 Å². The number of likely N-dealkylation sites (N-methyl/N-ethyl adjacent to an activating group) is 1. The third kappa shape index (κ3) is 6.11. The van der Waals surface area contributed by atoms with Gasteiger partial charge in [0.2, 0.25) is 5.91 Å². The largest absolute Gasteiger partial charge is 0.497 e. The minimum Gasteiger partial charge on any atom is -0.497 e. The van der Waals surface area contributed by atoms with Gasteiger partial charge in [0, 0.05) is 13.1 Å². The fourth-order valence-corrected chi connectivity index (χ4v) is 3.37.